The van der Waals surface area contributed by atoms with Crippen LogP contribution in [0.5, 0.6) is 5.88 Å². The minimum Gasteiger partial charge on any atom is -0.474 e. The van der Waals surface area contributed by atoms with Gasteiger partial charge in [0.15, 0.2) is 5.13 Å². The summed E-state index contributed by atoms with van der Waals surface area (Å²) in [4.78, 5) is 34.3. The standard InChI is InChI=1S/C25H25FN4O3S/c1-17(31)30(22-9-5-4-8-21(22)26)25-29-19(16-34-25)10-11-23(32)28-15-18-12-13-27-24(14-18)33-20-6-2-3-7-20/h4-5,8-14,16,20H,2-3,6-7,15H2,1H3,(H,28,32)/b11-10+. The maximum atomic E-state index is 14.2. The zero-order valence-corrected chi connectivity index (χ0v) is 19.6. The van der Waals surface area contributed by atoms with Gasteiger partial charge in [0.1, 0.15) is 11.9 Å². The molecule has 3 aromatic rings. The van der Waals surface area contributed by atoms with Crippen LogP contribution in [-0.4, -0.2) is 27.9 Å². The molecule has 0 atom stereocenters. The largest absolute Gasteiger partial charge is 0.474 e. The number of carbonyl (C=O) groups excluding carboxylic acids is 2. The Balaban J connectivity index is 1.35. The Hall–Kier alpha value is -3.59. The van der Waals surface area contributed by atoms with Crippen LogP contribution in [-0.2, 0) is 16.1 Å². The molecule has 0 saturated heterocycles. The number of benzene rings is 1. The smallest absolute Gasteiger partial charge is 0.244 e. The van der Waals surface area contributed by atoms with E-state index in [0.29, 0.717) is 23.3 Å². The van der Waals surface area contributed by atoms with Gasteiger partial charge in [-0.25, -0.2) is 14.4 Å². The number of ether oxygens (including phenoxy) is 1. The quantitative estimate of drug-likeness (QED) is 0.458. The van der Waals surface area contributed by atoms with E-state index < -0.39 is 5.82 Å². The molecule has 0 radical (unpaired) electrons. The van der Waals surface area contributed by atoms with E-state index in [1.807, 2.05) is 12.1 Å². The first-order chi connectivity index (χ1) is 16.5. The fraction of sp³-hybridized carbons (Fsp3) is 0.280. The van der Waals surface area contributed by atoms with Crippen molar-refractivity contribution >= 4 is 40.0 Å². The molecule has 1 saturated carbocycles. The molecule has 0 bridgehead atoms. The van der Waals surface area contributed by atoms with Gasteiger partial charge in [0.2, 0.25) is 17.7 Å². The molecule has 1 fully saturated rings. The van der Waals surface area contributed by atoms with Crippen molar-refractivity contribution in [2.75, 3.05) is 4.90 Å². The summed E-state index contributed by atoms with van der Waals surface area (Å²) in [6.45, 7) is 1.68. The first kappa shape index (κ1) is 23.6. The van der Waals surface area contributed by atoms with Crippen molar-refractivity contribution in [3.8, 4) is 5.88 Å². The minimum absolute atomic E-state index is 0.131. The van der Waals surface area contributed by atoms with Gasteiger partial charge in [0.05, 0.1) is 11.4 Å². The average Bonchev–Trinajstić information content (AvgIpc) is 3.50. The number of halogens is 1. The molecule has 1 aliphatic carbocycles. The molecular formula is C25H25FN4O3S. The number of rotatable bonds is 8. The second-order valence-corrected chi connectivity index (χ2v) is 8.78. The number of hydrogen-bond acceptors (Lipinski definition) is 6. The second-order valence-electron chi connectivity index (χ2n) is 7.94. The molecule has 2 aromatic heterocycles. The van der Waals surface area contributed by atoms with E-state index in [1.165, 1.54) is 54.2 Å². The van der Waals surface area contributed by atoms with E-state index in [2.05, 4.69) is 15.3 Å². The summed E-state index contributed by atoms with van der Waals surface area (Å²) in [5.74, 6) is -0.588. The SMILES string of the molecule is CC(=O)N(c1nc(/C=C/C(=O)NCc2ccnc(OC3CCCC3)c2)cs1)c1ccccc1F. The zero-order valence-electron chi connectivity index (χ0n) is 18.7. The van der Waals surface area contributed by atoms with Crippen molar-refractivity contribution in [2.24, 2.45) is 0 Å². The molecule has 1 N–H and O–H groups in total. The van der Waals surface area contributed by atoms with Crippen LogP contribution in [0.3, 0.4) is 0 Å². The Labute approximate surface area is 201 Å². The Kier molecular flexibility index (Phi) is 7.64. The van der Waals surface area contributed by atoms with E-state index in [0.717, 1.165) is 18.4 Å². The molecule has 9 heteroatoms. The van der Waals surface area contributed by atoms with Crippen molar-refractivity contribution in [1.82, 2.24) is 15.3 Å². The average molecular weight is 481 g/mol. The van der Waals surface area contributed by atoms with Crippen LogP contribution < -0.4 is 15.0 Å². The van der Waals surface area contributed by atoms with Gasteiger partial charge < -0.3 is 10.1 Å². The number of thiazole rings is 1. The Morgan fingerprint density at radius 2 is 2.06 bits per heavy atom. The Bertz CT molecular complexity index is 1190. The molecule has 2 amide bonds. The summed E-state index contributed by atoms with van der Waals surface area (Å²) in [6, 6.07) is 9.69. The molecular weight excluding hydrogens is 455 g/mol. The second kappa shape index (κ2) is 11.0. The number of aromatic nitrogens is 2. The number of nitrogens with zero attached hydrogens (tertiary/aromatic N) is 3. The molecule has 1 aliphatic rings. The van der Waals surface area contributed by atoms with Crippen molar-refractivity contribution in [3.05, 3.63) is 71.1 Å². The lowest BCUT2D eigenvalue weighted by Gasteiger charge is -2.18. The van der Waals surface area contributed by atoms with Crippen LogP contribution >= 0.6 is 11.3 Å². The van der Waals surface area contributed by atoms with Gasteiger partial charge in [-0.3, -0.25) is 14.5 Å². The van der Waals surface area contributed by atoms with Gasteiger partial charge in [-0.15, -0.1) is 11.3 Å². The third-order valence-corrected chi connectivity index (χ3v) is 6.21. The molecule has 176 valence electrons. The predicted octanol–water partition coefficient (Wildman–Crippen LogP) is 5.01. The van der Waals surface area contributed by atoms with Gasteiger partial charge in [0.25, 0.3) is 0 Å². The third kappa shape index (κ3) is 6.05. The molecule has 0 unspecified atom stereocenters. The predicted molar refractivity (Wildman–Crippen MR) is 129 cm³/mol. The molecule has 4 rings (SSSR count). The van der Waals surface area contributed by atoms with Crippen molar-refractivity contribution < 1.29 is 18.7 Å². The number of anilines is 2. The van der Waals surface area contributed by atoms with Crippen LogP contribution in [0.4, 0.5) is 15.2 Å². The van der Waals surface area contributed by atoms with Gasteiger partial charge in [-0.2, -0.15) is 0 Å². The van der Waals surface area contributed by atoms with Gasteiger partial charge in [0, 0.05) is 37.2 Å². The molecule has 0 aliphatic heterocycles. The van der Waals surface area contributed by atoms with Gasteiger partial charge in [-0.1, -0.05) is 12.1 Å². The van der Waals surface area contributed by atoms with Crippen LogP contribution in [0.15, 0.2) is 54.1 Å². The number of pyridine rings is 1. The molecule has 34 heavy (non-hydrogen) atoms. The van der Waals surface area contributed by atoms with Crippen molar-refractivity contribution in [3.63, 3.8) is 0 Å². The molecule has 1 aromatic carbocycles. The summed E-state index contributed by atoms with van der Waals surface area (Å²) in [5, 5.41) is 4.85. The highest BCUT2D eigenvalue weighted by molar-refractivity contribution is 7.14. The number of hydrogen-bond donors (Lipinski definition) is 1. The molecule has 2 heterocycles. The monoisotopic (exact) mass is 480 g/mol. The van der Waals surface area contributed by atoms with E-state index in [4.69, 9.17) is 4.74 Å². The highest BCUT2D eigenvalue weighted by atomic mass is 32.1. The summed E-state index contributed by atoms with van der Waals surface area (Å²) in [5.41, 5.74) is 1.52. The van der Waals surface area contributed by atoms with E-state index in [1.54, 1.807) is 29.8 Å². The van der Waals surface area contributed by atoms with Crippen molar-refractivity contribution in [2.45, 2.75) is 45.3 Å². The summed E-state index contributed by atoms with van der Waals surface area (Å²) in [6.07, 6.45) is 9.29. The van der Waals surface area contributed by atoms with Gasteiger partial charge >= 0.3 is 0 Å². The Morgan fingerprint density at radius 3 is 2.82 bits per heavy atom. The zero-order chi connectivity index (χ0) is 23.9. The van der Waals surface area contributed by atoms with Crippen LogP contribution in [0.25, 0.3) is 6.08 Å². The first-order valence-corrected chi connectivity index (χ1v) is 12.0. The number of amides is 2. The first-order valence-electron chi connectivity index (χ1n) is 11.1. The summed E-state index contributed by atoms with van der Waals surface area (Å²) >= 11 is 1.19. The number of carbonyl (C=O) groups is 2. The lowest BCUT2D eigenvalue weighted by molar-refractivity contribution is -0.117. The third-order valence-electron chi connectivity index (χ3n) is 5.37. The summed E-state index contributed by atoms with van der Waals surface area (Å²) < 4.78 is 20.1. The highest BCUT2D eigenvalue weighted by Gasteiger charge is 2.20. The molecule has 0 spiro atoms. The van der Waals surface area contributed by atoms with E-state index >= 15 is 0 Å². The minimum atomic E-state index is -0.516. The molecule has 7 nitrogen and oxygen atoms in total. The van der Waals surface area contributed by atoms with E-state index in [-0.39, 0.29) is 23.6 Å². The highest BCUT2D eigenvalue weighted by Crippen LogP contribution is 2.31. The fourth-order valence-electron chi connectivity index (χ4n) is 3.71. The summed E-state index contributed by atoms with van der Waals surface area (Å²) in [7, 11) is 0. The Morgan fingerprint density at radius 1 is 1.26 bits per heavy atom. The van der Waals surface area contributed by atoms with Gasteiger partial charge in [-0.05, 0) is 55.5 Å². The van der Waals surface area contributed by atoms with E-state index in [9.17, 15) is 14.0 Å². The van der Waals surface area contributed by atoms with Crippen molar-refractivity contribution in [1.29, 1.82) is 0 Å². The van der Waals surface area contributed by atoms with Crippen LogP contribution in [0.1, 0.15) is 43.9 Å². The lowest BCUT2D eigenvalue weighted by Crippen LogP contribution is -2.23. The fourth-order valence-corrected chi connectivity index (χ4v) is 4.55. The van der Waals surface area contributed by atoms with Crippen LogP contribution in [0.2, 0.25) is 0 Å². The number of nitrogens with one attached hydrogen (secondary N) is 1. The maximum absolute atomic E-state index is 14.2. The lowest BCUT2D eigenvalue weighted by atomic mass is 10.2. The normalized spacial score (nSPS) is 13.8. The number of para-hydroxylation sites is 1. The maximum Gasteiger partial charge on any atom is 0.244 e. The topological polar surface area (TPSA) is 84.4 Å². The van der Waals surface area contributed by atoms with Crippen LogP contribution in [0, 0.1) is 5.82 Å².